The van der Waals surface area contributed by atoms with Crippen molar-refractivity contribution < 1.29 is 22.6 Å². The van der Waals surface area contributed by atoms with Crippen molar-refractivity contribution in [1.82, 2.24) is 9.97 Å². The van der Waals surface area contributed by atoms with Gasteiger partial charge in [-0.3, -0.25) is 0 Å². The SMILES string of the molecule is C#C[C@@H](Nc1ncnc2cc(OC)c(C[C@@H]3CCOC3)cc12)c1cc(N)cc(C(F)(F)F)c1. The molecule has 172 valence electrons. The fourth-order valence-electron chi connectivity index (χ4n) is 4.01. The molecule has 2 aromatic carbocycles. The van der Waals surface area contributed by atoms with Crippen LogP contribution in [0.15, 0.2) is 36.7 Å². The largest absolute Gasteiger partial charge is 0.496 e. The van der Waals surface area contributed by atoms with Gasteiger partial charge in [0.25, 0.3) is 0 Å². The van der Waals surface area contributed by atoms with Crippen LogP contribution in [0, 0.1) is 18.3 Å². The van der Waals surface area contributed by atoms with Crippen LogP contribution in [-0.2, 0) is 17.3 Å². The van der Waals surface area contributed by atoms with Gasteiger partial charge >= 0.3 is 6.18 Å². The van der Waals surface area contributed by atoms with Gasteiger partial charge < -0.3 is 20.5 Å². The second-order valence-corrected chi connectivity index (χ2v) is 7.97. The molecule has 6 nitrogen and oxygen atoms in total. The molecule has 1 aliphatic heterocycles. The van der Waals surface area contributed by atoms with Gasteiger partial charge in [-0.05, 0) is 54.2 Å². The van der Waals surface area contributed by atoms with E-state index in [9.17, 15) is 13.2 Å². The van der Waals surface area contributed by atoms with Crippen molar-refractivity contribution >= 4 is 22.4 Å². The Kier molecular flexibility index (Phi) is 6.29. The van der Waals surface area contributed by atoms with E-state index < -0.39 is 17.8 Å². The Labute approximate surface area is 189 Å². The number of nitrogens with one attached hydrogen (secondary N) is 1. The summed E-state index contributed by atoms with van der Waals surface area (Å²) in [6.45, 7) is 1.42. The van der Waals surface area contributed by atoms with Crippen molar-refractivity contribution in [3.05, 3.63) is 53.3 Å². The van der Waals surface area contributed by atoms with E-state index in [1.807, 2.05) is 12.1 Å². The fraction of sp³-hybridized carbons (Fsp3) is 0.333. The highest BCUT2D eigenvalue weighted by molar-refractivity contribution is 5.91. The van der Waals surface area contributed by atoms with Crippen LogP contribution in [0.4, 0.5) is 24.7 Å². The smallest absolute Gasteiger partial charge is 0.416 e. The van der Waals surface area contributed by atoms with Crippen molar-refractivity contribution in [3.8, 4) is 18.1 Å². The molecule has 1 aliphatic rings. The quantitative estimate of drug-likeness (QED) is 0.417. The molecular weight excluding hydrogens is 433 g/mol. The van der Waals surface area contributed by atoms with Crippen molar-refractivity contribution in [1.29, 1.82) is 0 Å². The molecule has 1 aromatic heterocycles. The van der Waals surface area contributed by atoms with Gasteiger partial charge in [0, 0.05) is 30.4 Å². The van der Waals surface area contributed by atoms with E-state index in [0.717, 1.165) is 37.1 Å². The lowest BCUT2D eigenvalue weighted by Crippen LogP contribution is -2.13. The Morgan fingerprint density at radius 2 is 2.09 bits per heavy atom. The summed E-state index contributed by atoms with van der Waals surface area (Å²) >= 11 is 0. The van der Waals surface area contributed by atoms with E-state index in [4.69, 9.17) is 21.6 Å². The summed E-state index contributed by atoms with van der Waals surface area (Å²) < 4.78 is 50.8. The molecule has 0 spiro atoms. The van der Waals surface area contributed by atoms with Crippen LogP contribution >= 0.6 is 0 Å². The van der Waals surface area contributed by atoms with Crippen molar-refractivity contribution in [2.24, 2.45) is 5.92 Å². The van der Waals surface area contributed by atoms with Gasteiger partial charge in [0.1, 0.15) is 23.9 Å². The maximum atomic E-state index is 13.3. The average Bonchev–Trinajstić information content (AvgIpc) is 3.29. The Balaban J connectivity index is 1.71. The molecule has 1 fully saturated rings. The number of fused-ring (bicyclic) bond motifs is 1. The Hall–Kier alpha value is -3.51. The van der Waals surface area contributed by atoms with E-state index in [2.05, 4.69) is 21.2 Å². The normalized spacial score (nSPS) is 17.0. The summed E-state index contributed by atoms with van der Waals surface area (Å²) in [7, 11) is 1.60. The molecule has 9 heteroatoms. The molecule has 0 aliphatic carbocycles. The maximum absolute atomic E-state index is 13.3. The Bertz CT molecular complexity index is 1200. The van der Waals surface area contributed by atoms with Gasteiger partial charge in [0.15, 0.2) is 0 Å². The van der Waals surface area contributed by atoms with Crippen LogP contribution in [-0.4, -0.2) is 30.3 Å². The monoisotopic (exact) mass is 456 g/mol. The first kappa shape index (κ1) is 22.7. The van der Waals surface area contributed by atoms with Gasteiger partial charge in [-0.15, -0.1) is 6.42 Å². The van der Waals surface area contributed by atoms with Gasteiger partial charge in [0.05, 0.1) is 18.2 Å². The number of methoxy groups -OCH3 is 1. The van der Waals surface area contributed by atoms with Crippen LogP contribution in [0.3, 0.4) is 0 Å². The molecule has 3 aromatic rings. The molecular formula is C24H23F3N4O2. The van der Waals surface area contributed by atoms with E-state index in [1.165, 1.54) is 12.4 Å². The number of hydrogen-bond acceptors (Lipinski definition) is 6. The van der Waals surface area contributed by atoms with E-state index in [-0.39, 0.29) is 11.3 Å². The molecule has 0 saturated carbocycles. The predicted octanol–water partition coefficient (Wildman–Crippen LogP) is 4.60. The molecule has 2 heterocycles. The zero-order valence-electron chi connectivity index (χ0n) is 17.9. The number of anilines is 2. The third-order valence-electron chi connectivity index (χ3n) is 5.66. The van der Waals surface area contributed by atoms with Crippen molar-refractivity contribution in [2.75, 3.05) is 31.4 Å². The van der Waals surface area contributed by atoms with Crippen LogP contribution in [0.2, 0.25) is 0 Å². The molecule has 3 N–H and O–H groups in total. The first-order valence-corrected chi connectivity index (χ1v) is 10.4. The summed E-state index contributed by atoms with van der Waals surface area (Å²) in [6, 6.07) is 6.16. The van der Waals surface area contributed by atoms with Gasteiger partial charge in [-0.1, -0.05) is 5.92 Å². The first-order valence-electron chi connectivity index (χ1n) is 10.4. The number of hydrogen-bond donors (Lipinski definition) is 2. The Morgan fingerprint density at radius 3 is 2.76 bits per heavy atom. The van der Waals surface area contributed by atoms with Crippen LogP contribution < -0.4 is 15.8 Å². The lowest BCUT2D eigenvalue weighted by Gasteiger charge is -2.19. The van der Waals surface area contributed by atoms with Gasteiger partial charge in [0.2, 0.25) is 0 Å². The highest BCUT2D eigenvalue weighted by Crippen LogP contribution is 2.35. The van der Waals surface area contributed by atoms with E-state index in [1.54, 1.807) is 7.11 Å². The van der Waals surface area contributed by atoms with Crippen LogP contribution in [0.5, 0.6) is 5.75 Å². The van der Waals surface area contributed by atoms with Crippen molar-refractivity contribution in [2.45, 2.75) is 25.1 Å². The van der Waals surface area contributed by atoms with Crippen LogP contribution in [0.1, 0.15) is 29.2 Å². The number of nitrogens with zero attached hydrogens (tertiary/aromatic N) is 2. The number of terminal acetylenes is 1. The second-order valence-electron chi connectivity index (χ2n) is 7.97. The van der Waals surface area contributed by atoms with Gasteiger partial charge in [-0.25, -0.2) is 9.97 Å². The van der Waals surface area contributed by atoms with Crippen molar-refractivity contribution in [3.63, 3.8) is 0 Å². The zero-order chi connectivity index (χ0) is 23.6. The number of nitrogens with two attached hydrogens (primary N) is 1. The van der Waals surface area contributed by atoms with Gasteiger partial charge in [-0.2, -0.15) is 13.2 Å². The zero-order valence-corrected chi connectivity index (χ0v) is 17.9. The van der Waals surface area contributed by atoms with E-state index in [0.29, 0.717) is 35.0 Å². The minimum absolute atomic E-state index is 0.0276. The minimum Gasteiger partial charge on any atom is -0.496 e. The first-order chi connectivity index (χ1) is 15.8. The highest BCUT2D eigenvalue weighted by Gasteiger charge is 2.31. The average molecular weight is 456 g/mol. The topological polar surface area (TPSA) is 82.3 Å². The third kappa shape index (κ3) is 4.96. The number of rotatable bonds is 6. The van der Waals surface area contributed by atoms with E-state index >= 15 is 0 Å². The number of aromatic nitrogens is 2. The molecule has 0 bridgehead atoms. The third-order valence-corrected chi connectivity index (χ3v) is 5.66. The maximum Gasteiger partial charge on any atom is 0.416 e. The minimum atomic E-state index is -4.54. The molecule has 0 unspecified atom stereocenters. The molecule has 2 atom stereocenters. The summed E-state index contributed by atoms with van der Waals surface area (Å²) in [5.74, 6) is 3.99. The fourth-order valence-corrected chi connectivity index (χ4v) is 4.01. The number of benzene rings is 2. The number of ether oxygens (including phenoxy) is 2. The highest BCUT2D eigenvalue weighted by atomic mass is 19.4. The lowest BCUT2D eigenvalue weighted by molar-refractivity contribution is -0.137. The molecule has 4 rings (SSSR count). The summed E-state index contributed by atoms with van der Waals surface area (Å²) in [5.41, 5.74) is 6.63. The van der Waals surface area contributed by atoms with Crippen LogP contribution in [0.25, 0.3) is 10.9 Å². The number of nitrogen functional groups attached to an aromatic ring is 1. The molecule has 0 radical (unpaired) electrons. The number of halogens is 3. The lowest BCUT2D eigenvalue weighted by atomic mass is 9.96. The molecule has 33 heavy (non-hydrogen) atoms. The Morgan fingerprint density at radius 1 is 1.27 bits per heavy atom. The molecule has 1 saturated heterocycles. The summed E-state index contributed by atoms with van der Waals surface area (Å²) in [4.78, 5) is 8.62. The number of alkyl halides is 3. The molecule has 0 amide bonds. The summed E-state index contributed by atoms with van der Waals surface area (Å²) in [5, 5.41) is 3.76. The standard InChI is InChI=1S/C24H23F3N4O2/c1-3-20(15-7-17(24(25,26)27)10-18(28)8-15)31-23-19-9-16(6-14-4-5-33-12-14)22(32-2)11-21(19)29-13-30-23/h1,7-11,13-14,20H,4-6,12,28H2,2H3,(H,29,30,31)/t14-,20+/m0/s1. The summed E-state index contributed by atoms with van der Waals surface area (Å²) in [6.07, 6.45) is 4.23. The second kappa shape index (κ2) is 9.16. The predicted molar refractivity (Wildman–Crippen MR) is 120 cm³/mol.